The van der Waals surface area contributed by atoms with Crippen LogP contribution < -0.4 is 0 Å². The van der Waals surface area contributed by atoms with Crippen molar-refractivity contribution in [1.29, 1.82) is 0 Å². The predicted molar refractivity (Wildman–Crippen MR) is 219 cm³/mol. The number of terminal acetylenes is 1. The van der Waals surface area contributed by atoms with Gasteiger partial charge in [0.2, 0.25) is 20.0 Å². The summed E-state index contributed by atoms with van der Waals surface area (Å²) in [7, 11) is -7.41. The van der Waals surface area contributed by atoms with Gasteiger partial charge in [-0.2, -0.15) is 8.61 Å². The predicted octanol–water partition coefficient (Wildman–Crippen LogP) is 4.09. The van der Waals surface area contributed by atoms with Crippen molar-refractivity contribution < 1.29 is 21.6 Å². The van der Waals surface area contributed by atoms with Crippen LogP contribution >= 0.6 is 31.9 Å². The van der Waals surface area contributed by atoms with E-state index in [0.717, 1.165) is 8.95 Å². The molecule has 2 fully saturated rings. The standard InChI is InChI=1S/C25H4.C19H20Br2N2O5S2/c1-3-5-7-9-11-13-15-17-19-21-23-25-24-22-20-18-16-14-12-10-8-6-4-2;20-15-1-5-17(6-2-15)29(24,25)22-11-9-19(10-12-22)23(13-14-28-19)30(26,27)18-7-3-16(21)4-8-18/h1H,2H3;1-8H,9-14H2. The molecule has 0 radical (unpaired) electrons. The molecule has 0 amide bonds. The lowest BCUT2D eigenvalue weighted by Gasteiger charge is -2.42. The van der Waals surface area contributed by atoms with Crippen molar-refractivity contribution in [2.24, 2.45) is 0 Å². The molecule has 2 aliphatic heterocycles. The Balaban J connectivity index is 0.000000302. The molecular formula is C44H24Br2N2O5S2. The Bertz CT molecular complexity index is 2780. The quantitative estimate of drug-likeness (QED) is 0.433. The van der Waals surface area contributed by atoms with Crippen molar-refractivity contribution in [2.75, 3.05) is 26.2 Å². The van der Waals surface area contributed by atoms with Gasteiger partial charge in [0.15, 0.2) is 0 Å². The Kier molecular flexibility index (Phi) is 18.0. The van der Waals surface area contributed by atoms with Crippen molar-refractivity contribution >= 4 is 51.9 Å². The van der Waals surface area contributed by atoms with E-state index in [-0.39, 0.29) is 48.9 Å². The third-order valence-corrected chi connectivity index (χ3v) is 11.9. The summed E-state index contributed by atoms with van der Waals surface area (Å²) in [6.45, 7) is 2.60. The van der Waals surface area contributed by atoms with Gasteiger partial charge in [-0.3, -0.25) is 0 Å². The Morgan fingerprint density at radius 3 is 1.25 bits per heavy atom. The Hall–Kier alpha value is -6.10. The zero-order chi connectivity index (χ0) is 39.8. The fourth-order valence-electron chi connectivity index (χ4n) is 4.58. The number of ether oxygens (including phenoxy) is 1. The Morgan fingerprint density at radius 2 is 0.891 bits per heavy atom. The number of hydrogen-bond acceptors (Lipinski definition) is 5. The molecule has 0 bridgehead atoms. The van der Waals surface area contributed by atoms with Gasteiger partial charge in [-0.15, -0.1) is 6.42 Å². The number of rotatable bonds is 4. The summed E-state index contributed by atoms with van der Waals surface area (Å²) in [6, 6.07) is 13.0. The van der Waals surface area contributed by atoms with E-state index < -0.39 is 25.8 Å². The molecule has 1 spiro atoms. The molecule has 2 heterocycles. The van der Waals surface area contributed by atoms with Crippen LogP contribution in [0.25, 0.3) is 0 Å². The van der Waals surface area contributed by atoms with Gasteiger partial charge in [-0.1, -0.05) is 37.8 Å². The molecule has 0 saturated carbocycles. The zero-order valence-electron chi connectivity index (χ0n) is 28.9. The number of piperidine rings is 1. The average molecular weight is 885 g/mol. The molecule has 0 aromatic heterocycles. The number of nitrogens with zero attached hydrogens (tertiary/aromatic N) is 2. The van der Waals surface area contributed by atoms with E-state index in [9.17, 15) is 16.8 Å². The molecule has 2 aromatic rings. The normalized spacial score (nSPS) is 13.0. The average Bonchev–Trinajstić information content (AvgIpc) is 3.59. The molecule has 2 aliphatic rings. The number of hydrogen-bond donors (Lipinski definition) is 0. The summed E-state index contributed by atoms with van der Waals surface area (Å²) in [4.78, 5) is 0.411. The number of benzene rings is 2. The van der Waals surface area contributed by atoms with Crippen LogP contribution in [0.2, 0.25) is 0 Å². The second kappa shape index (κ2) is 22.9. The smallest absolute Gasteiger partial charge is 0.245 e. The van der Waals surface area contributed by atoms with Crippen LogP contribution in [0, 0.1) is 143 Å². The second-order valence-electron chi connectivity index (χ2n) is 10.2. The van der Waals surface area contributed by atoms with E-state index in [0.29, 0.717) is 0 Å². The van der Waals surface area contributed by atoms with Crippen LogP contribution in [0.3, 0.4) is 0 Å². The first-order valence-corrected chi connectivity index (χ1v) is 20.1. The maximum Gasteiger partial charge on any atom is 0.245 e. The van der Waals surface area contributed by atoms with Crippen LogP contribution in [0.1, 0.15) is 19.8 Å². The van der Waals surface area contributed by atoms with Crippen molar-refractivity contribution in [3.63, 3.8) is 0 Å². The van der Waals surface area contributed by atoms with Crippen molar-refractivity contribution in [3.05, 3.63) is 57.5 Å². The highest BCUT2D eigenvalue weighted by atomic mass is 79.9. The van der Waals surface area contributed by atoms with Crippen molar-refractivity contribution in [2.45, 2.75) is 35.3 Å². The molecule has 0 atom stereocenters. The highest BCUT2D eigenvalue weighted by Crippen LogP contribution is 2.39. The molecule has 11 heteroatoms. The first kappa shape index (κ1) is 43.3. The molecular weight excluding hydrogens is 860 g/mol. The molecule has 0 aliphatic carbocycles. The van der Waals surface area contributed by atoms with Crippen LogP contribution in [0.15, 0.2) is 67.3 Å². The lowest BCUT2D eigenvalue weighted by molar-refractivity contribution is -0.0806. The Labute approximate surface area is 341 Å². The highest BCUT2D eigenvalue weighted by molar-refractivity contribution is 9.10. The van der Waals surface area contributed by atoms with Gasteiger partial charge in [-0.25, -0.2) is 16.8 Å². The van der Waals surface area contributed by atoms with Crippen LogP contribution in [-0.2, 0) is 24.8 Å². The Morgan fingerprint density at radius 1 is 0.545 bits per heavy atom. The minimum absolute atomic E-state index is 0.185. The van der Waals surface area contributed by atoms with Gasteiger partial charge in [0, 0.05) is 76.9 Å². The van der Waals surface area contributed by atoms with Crippen molar-refractivity contribution in [3.8, 4) is 143 Å². The van der Waals surface area contributed by atoms with Gasteiger partial charge >= 0.3 is 0 Å². The summed E-state index contributed by atoms with van der Waals surface area (Å²) in [5.41, 5.74) is -1.02. The zero-order valence-corrected chi connectivity index (χ0v) is 33.8. The summed E-state index contributed by atoms with van der Waals surface area (Å²) < 4.78 is 62.7. The monoisotopic (exact) mass is 882 g/mol. The van der Waals surface area contributed by atoms with E-state index >= 15 is 0 Å². The lowest BCUT2D eigenvalue weighted by Crippen LogP contribution is -2.55. The van der Waals surface area contributed by atoms with E-state index in [1.54, 1.807) is 55.5 Å². The third-order valence-electron chi connectivity index (χ3n) is 6.92. The van der Waals surface area contributed by atoms with E-state index in [1.807, 2.05) is 0 Å². The van der Waals surface area contributed by atoms with Crippen molar-refractivity contribution in [1.82, 2.24) is 8.61 Å². The first-order valence-electron chi connectivity index (χ1n) is 15.6. The maximum atomic E-state index is 13.2. The topological polar surface area (TPSA) is 84.0 Å². The molecule has 0 N–H and O–H groups in total. The molecule has 2 saturated heterocycles. The molecule has 4 rings (SSSR count). The van der Waals surface area contributed by atoms with Crippen LogP contribution in [0.4, 0.5) is 0 Å². The second-order valence-corrected chi connectivity index (χ2v) is 15.8. The summed E-state index contributed by atoms with van der Waals surface area (Å²) in [5.74, 6) is 56.9. The molecule has 7 nitrogen and oxygen atoms in total. The summed E-state index contributed by atoms with van der Waals surface area (Å²) in [6.07, 6.45) is 5.46. The summed E-state index contributed by atoms with van der Waals surface area (Å²) >= 11 is 6.62. The van der Waals surface area contributed by atoms with E-state index in [1.165, 1.54) is 8.61 Å². The third kappa shape index (κ3) is 14.0. The van der Waals surface area contributed by atoms with E-state index in [4.69, 9.17) is 11.2 Å². The minimum Gasteiger partial charge on any atom is -0.358 e. The largest absolute Gasteiger partial charge is 0.358 e. The SMILES string of the molecule is C#CC#CC#CC#CC#CC#CC#CC#CC#CC#CC#CC#CC.O=S(=O)(c1ccc(Br)cc1)N1CCC2(CC1)OCCN2S(=O)(=O)c1ccc(Br)cc1. The van der Waals surface area contributed by atoms with Crippen LogP contribution in [0.5, 0.6) is 0 Å². The molecule has 2 aromatic carbocycles. The summed E-state index contributed by atoms with van der Waals surface area (Å²) in [5, 5.41) is 0. The first-order chi connectivity index (χ1) is 26.6. The van der Waals surface area contributed by atoms with Gasteiger partial charge in [0.25, 0.3) is 0 Å². The van der Waals surface area contributed by atoms with Gasteiger partial charge in [-0.05, 0) is 150 Å². The number of sulfonamides is 2. The molecule has 0 unspecified atom stereocenters. The minimum atomic E-state index is -3.76. The van der Waals surface area contributed by atoms with Crippen LogP contribution in [-0.4, -0.2) is 57.4 Å². The van der Waals surface area contributed by atoms with Gasteiger partial charge < -0.3 is 4.74 Å². The van der Waals surface area contributed by atoms with E-state index in [2.05, 4.69) is 168 Å². The highest BCUT2D eigenvalue weighted by Gasteiger charge is 2.51. The lowest BCUT2D eigenvalue weighted by atomic mass is 10.0. The molecule has 266 valence electrons. The maximum absolute atomic E-state index is 13.2. The molecule has 55 heavy (non-hydrogen) atoms. The fourth-order valence-corrected chi connectivity index (χ4v) is 8.28. The van der Waals surface area contributed by atoms with Gasteiger partial charge in [0.1, 0.15) is 5.72 Å². The number of halogens is 2. The van der Waals surface area contributed by atoms with Gasteiger partial charge in [0.05, 0.1) is 16.4 Å². The fraction of sp³-hybridized carbons (Fsp3) is 0.182.